The Labute approximate surface area is 126 Å². The molecule has 22 heavy (non-hydrogen) atoms. The predicted molar refractivity (Wildman–Crippen MR) is 75.4 cm³/mol. The molecule has 0 aromatic carbocycles. The Morgan fingerprint density at radius 2 is 2.00 bits per heavy atom. The minimum absolute atomic E-state index is 0.0636. The summed E-state index contributed by atoms with van der Waals surface area (Å²) in [4.78, 5) is 25.9. The van der Waals surface area contributed by atoms with Crippen LogP contribution in [0.4, 0.5) is 4.39 Å². The molecule has 122 valence electrons. The number of carboxylic acids is 2. The second-order valence-corrected chi connectivity index (χ2v) is 4.78. The fourth-order valence-corrected chi connectivity index (χ4v) is 1.84. The first kappa shape index (κ1) is 17.8. The average Bonchev–Trinajstić information content (AvgIpc) is 2.49. The molecule has 0 fully saturated rings. The van der Waals surface area contributed by atoms with Crippen molar-refractivity contribution in [1.82, 2.24) is 4.98 Å². The number of alkyl halides is 1. The van der Waals surface area contributed by atoms with Crippen molar-refractivity contribution in [3.05, 3.63) is 24.0 Å². The second-order valence-electron chi connectivity index (χ2n) is 4.78. The van der Waals surface area contributed by atoms with Gasteiger partial charge in [-0.25, -0.2) is 4.39 Å². The fourth-order valence-electron chi connectivity index (χ4n) is 1.84. The fraction of sp³-hybridized carbons (Fsp3) is 0.500. The van der Waals surface area contributed by atoms with Gasteiger partial charge in [-0.15, -0.1) is 0 Å². The van der Waals surface area contributed by atoms with Crippen molar-refractivity contribution >= 4 is 11.9 Å². The summed E-state index contributed by atoms with van der Waals surface area (Å²) in [6, 6.07) is 2.10. The van der Waals surface area contributed by atoms with Crippen molar-refractivity contribution in [2.45, 2.75) is 25.3 Å². The van der Waals surface area contributed by atoms with E-state index >= 15 is 0 Å². The van der Waals surface area contributed by atoms with Gasteiger partial charge in [0, 0.05) is 12.1 Å². The number of rotatable bonds is 10. The molecule has 0 radical (unpaired) electrons. The summed E-state index contributed by atoms with van der Waals surface area (Å²) in [5.41, 5.74) is 5.90. The molecule has 1 aromatic rings. The van der Waals surface area contributed by atoms with E-state index in [1.54, 1.807) is 12.1 Å². The van der Waals surface area contributed by atoms with Crippen LogP contribution in [-0.2, 0) is 16.0 Å². The number of aliphatic carboxylic acids is 2. The molecule has 1 unspecified atom stereocenters. The largest absolute Gasteiger partial charge is 0.489 e. The topological polar surface area (TPSA) is 123 Å². The van der Waals surface area contributed by atoms with Gasteiger partial charge in [-0.3, -0.25) is 14.6 Å². The number of hydrogen-bond donors (Lipinski definition) is 3. The molecule has 4 N–H and O–H groups in total. The summed E-state index contributed by atoms with van der Waals surface area (Å²) in [5, 5.41) is 17.9. The molecule has 7 nitrogen and oxygen atoms in total. The van der Waals surface area contributed by atoms with Gasteiger partial charge in [-0.05, 0) is 25.0 Å². The van der Waals surface area contributed by atoms with Crippen LogP contribution in [0.2, 0.25) is 0 Å². The first-order valence-electron chi connectivity index (χ1n) is 6.79. The molecule has 0 aliphatic heterocycles. The zero-order valence-electron chi connectivity index (χ0n) is 11.9. The molecule has 0 aliphatic rings. The average molecular weight is 313 g/mol. The van der Waals surface area contributed by atoms with Crippen molar-refractivity contribution < 1.29 is 28.9 Å². The number of pyridine rings is 1. The number of nitrogens with two attached hydrogens (primary N) is 1. The lowest BCUT2D eigenvalue weighted by Gasteiger charge is -2.13. The van der Waals surface area contributed by atoms with E-state index in [0.717, 1.165) is 0 Å². The van der Waals surface area contributed by atoms with E-state index < -0.39 is 30.6 Å². The normalized spacial score (nSPS) is 13.4. The summed E-state index contributed by atoms with van der Waals surface area (Å²) in [6.45, 7) is -0.668. The van der Waals surface area contributed by atoms with Crippen LogP contribution in [0, 0.1) is 5.92 Å². The lowest BCUT2D eigenvalue weighted by Crippen LogP contribution is -2.31. The van der Waals surface area contributed by atoms with Gasteiger partial charge >= 0.3 is 11.9 Å². The third kappa shape index (κ3) is 6.04. The maximum Gasteiger partial charge on any atom is 0.320 e. The molecular weight excluding hydrogens is 294 g/mol. The number of aromatic nitrogens is 1. The Morgan fingerprint density at radius 1 is 1.27 bits per heavy atom. The maximum atomic E-state index is 12.0. The zero-order chi connectivity index (χ0) is 16.5. The minimum Gasteiger partial charge on any atom is -0.489 e. The van der Waals surface area contributed by atoms with E-state index in [1.807, 2.05) is 0 Å². The van der Waals surface area contributed by atoms with Gasteiger partial charge in [0.05, 0.1) is 12.1 Å². The molecule has 0 bridgehead atoms. The highest BCUT2D eigenvalue weighted by atomic mass is 18.2. The van der Waals surface area contributed by atoms with E-state index in [9.17, 15) is 19.1 Å². The zero-order valence-corrected chi connectivity index (χ0v) is 11.9. The van der Waals surface area contributed by atoms with Gasteiger partial charge in [-0.2, -0.15) is 0 Å². The maximum absolute atomic E-state index is 12.0. The van der Waals surface area contributed by atoms with E-state index in [1.165, 1.54) is 6.20 Å². The van der Waals surface area contributed by atoms with Crippen LogP contribution in [-0.4, -0.2) is 46.5 Å². The molecule has 1 aromatic heterocycles. The van der Waals surface area contributed by atoms with E-state index in [2.05, 4.69) is 4.98 Å². The van der Waals surface area contributed by atoms with Crippen molar-refractivity contribution in [2.24, 2.45) is 11.7 Å². The van der Waals surface area contributed by atoms with Crippen LogP contribution in [0.3, 0.4) is 0 Å². The number of ether oxygens (including phenoxy) is 1. The summed E-state index contributed by atoms with van der Waals surface area (Å²) in [6.07, 6.45) is 1.77. The van der Waals surface area contributed by atoms with Crippen molar-refractivity contribution in [1.29, 1.82) is 0 Å². The lowest BCUT2D eigenvalue weighted by molar-refractivity contribution is -0.143. The van der Waals surface area contributed by atoms with Gasteiger partial charge in [-0.1, -0.05) is 0 Å². The molecule has 0 saturated carbocycles. The first-order valence-corrected chi connectivity index (χ1v) is 6.79. The smallest absolute Gasteiger partial charge is 0.320 e. The second kappa shape index (κ2) is 8.93. The molecule has 0 aliphatic carbocycles. The van der Waals surface area contributed by atoms with Gasteiger partial charge in [0.15, 0.2) is 0 Å². The minimum atomic E-state index is -1.16. The van der Waals surface area contributed by atoms with Crippen LogP contribution in [0.5, 0.6) is 5.75 Å². The third-order valence-electron chi connectivity index (χ3n) is 3.09. The Hall–Kier alpha value is -2.22. The predicted octanol–water partition coefficient (Wildman–Crippen LogP) is 0.865. The number of carboxylic acid groups (broad SMARTS) is 2. The molecule has 1 rings (SSSR count). The van der Waals surface area contributed by atoms with Crippen LogP contribution in [0.1, 0.15) is 18.5 Å². The molecule has 0 amide bonds. The Kier molecular flexibility index (Phi) is 7.24. The third-order valence-corrected chi connectivity index (χ3v) is 3.09. The molecular formula is C14H19FN2O5. The van der Waals surface area contributed by atoms with Crippen LogP contribution >= 0.6 is 0 Å². The SMILES string of the molecule is N[C@@H](CCC(Cc1ccc(OCC[18F])cn1)C(=O)O)C(=O)O. The van der Waals surface area contributed by atoms with E-state index in [-0.39, 0.29) is 25.9 Å². The Morgan fingerprint density at radius 3 is 2.50 bits per heavy atom. The molecule has 1 heterocycles. The first-order chi connectivity index (χ1) is 10.4. The highest BCUT2D eigenvalue weighted by Gasteiger charge is 2.21. The quantitative estimate of drug-likeness (QED) is 0.585. The van der Waals surface area contributed by atoms with Gasteiger partial charge in [0.25, 0.3) is 0 Å². The number of carbonyl (C=O) groups is 2. The number of nitrogens with zero attached hydrogens (tertiary/aromatic N) is 1. The Bertz CT molecular complexity index is 495. The molecule has 0 saturated heterocycles. The van der Waals surface area contributed by atoms with Crippen LogP contribution < -0.4 is 10.5 Å². The highest BCUT2D eigenvalue weighted by Crippen LogP contribution is 2.16. The van der Waals surface area contributed by atoms with Gasteiger partial charge < -0.3 is 20.7 Å². The standard InChI is InChI=1S/C14H19FN2O5/c15-5-6-22-11-3-2-10(17-8-11)7-9(13(18)19)1-4-12(16)14(20)21/h2-3,8-9,12H,1,4-7,16H2,(H,18,19)(H,20,21)/t9?,12-/m0/s1/i15-1. The molecule has 0 spiro atoms. The van der Waals surface area contributed by atoms with Gasteiger partial charge in [0.1, 0.15) is 25.1 Å². The van der Waals surface area contributed by atoms with Crippen molar-refractivity contribution in [2.75, 3.05) is 13.3 Å². The van der Waals surface area contributed by atoms with E-state index in [0.29, 0.717) is 11.4 Å². The van der Waals surface area contributed by atoms with Gasteiger partial charge in [0.2, 0.25) is 0 Å². The van der Waals surface area contributed by atoms with Crippen molar-refractivity contribution in [3.63, 3.8) is 0 Å². The van der Waals surface area contributed by atoms with E-state index in [4.69, 9.17) is 15.6 Å². The highest BCUT2D eigenvalue weighted by molar-refractivity contribution is 5.73. The number of halogens is 1. The Balaban J connectivity index is 2.59. The lowest BCUT2D eigenvalue weighted by atomic mass is 9.95. The molecule has 2 atom stereocenters. The summed E-state index contributed by atoms with van der Waals surface area (Å²) >= 11 is 0. The molecule has 8 heteroatoms. The number of hydrogen-bond acceptors (Lipinski definition) is 5. The van der Waals surface area contributed by atoms with Crippen LogP contribution in [0.25, 0.3) is 0 Å². The monoisotopic (exact) mass is 313 g/mol. The van der Waals surface area contributed by atoms with Crippen molar-refractivity contribution in [3.8, 4) is 5.75 Å². The summed E-state index contributed by atoms with van der Waals surface area (Å²) in [5.74, 6) is -2.55. The summed E-state index contributed by atoms with van der Waals surface area (Å²) in [7, 11) is 0. The summed E-state index contributed by atoms with van der Waals surface area (Å²) < 4.78 is 17.0. The van der Waals surface area contributed by atoms with Crippen LogP contribution in [0.15, 0.2) is 18.3 Å².